The second-order valence-corrected chi connectivity index (χ2v) is 12.2. The second kappa shape index (κ2) is 10.9. The predicted octanol–water partition coefficient (Wildman–Crippen LogP) is 4.59. The molecule has 0 amide bonds. The minimum atomic E-state index is -0.769. The van der Waals surface area contributed by atoms with Gasteiger partial charge in [0.1, 0.15) is 17.3 Å². The maximum absolute atomic E-state index is 15.2. The third-order valence-corrected chi connectivity index (χ3v) is 8.10. The molecule has 1 aliphatic rings. The Kier molecular flexibility index (Phi) is 7.24. The summed E-state index contributed by atoms with van der Waals surface area (Å²) >= 11 is 0. The number of anilines is 2. The summed E-state index contributed by atoms with van der Waals surface area (Å²) in [6.45, 7) is 6.90. The highest BCUT2D eigenvalue weighted by atomic mass is 19.1. The van der Waals surface area contributed by atoms with Gasteiger partial charge in [-0.1, -0.05) is 26.8 Å². The normalized spacial score (nSPS) is 15.6. The minimum Gasteiger partial charge on any atom is -0.504 e. The zero-order valence-electron chi connectivity index (χ0n) is 25.2. The Labute approximate surface area is 252 Å². The molecule has 1 aromatic carbocycles. The van der Waals surface area contributed by atoms with E-state index in [0.29, 0.717) is 17.2 Å². The summed E-state index contributed by atoms with van der Waals surface area (Å²) in [5.74, 6) is -0.815. The Morgan fingerprint density at radius 2 is 1.82 bits per heavy atom. The summed E-state index contributed by atoms with van der Waals surface area (Å²) in [6.07, 6.45) is 6.77. The van der Waals surface area contributed by atoms with Crippen LogP contribution in [0.25, 0.3) is 27.8 Å². The van der Waals surface area contributed by atoms with Gasteiger partial charge in [-0.05, 0) is 73.3 Å². The number of aromatic nitrogens is 6. The molecule has 5 heterocycles. The first kappa shape index (κ1) is 29.1. The van der Waals surface area contributed by atoms with Crippen LogP contribution in [0.5, 0.6) is 5.75 Å². The van der Waals surface area contributed by atoms with Crippen LogP contribution in [0, 0.1) is 5.82 Å². The average Bonchev–Trinajstić information content (AvgIpc) is 3.41. The van der Waals surface area contributed by atoms with Crippen LogP contribution in [0.2, 0.25) is 0 Å². The number of pyridine rings is 2. The van der Waals surface area contributed by atoms with E-state index < -0.39 is 22.7 Å². The monoisotopic (exact) mass is 596 g/mol. The Morgan fingerprint density at radius 1 is 1.02 bits per heavy atom. The number of aromatic hydroxyl groups is 1. The molecule has 1 saturated heterocycles. The Hall–Kier alpha value is -4.97. The third kappa shape index (κ3) is 5.21. The highest BCUT2D eigenvalue weighted by molar-refractivity contribution is 5.83. The molecule has 6 rings (SSSR count). The Morgan fingerprint density at radius 3 is 2.50 bits per heavy atom. The molecule has 226 valence electrons. The summed E-state index contributed by atoms with van der Waals surface area (Å²) < 4.78 is 17.2. The SMILES string of the molecule is CN1CCCC1c1ccc(Nc2cc(-c3ccnc(-n4ncc5cc(C(C)(C)C)cc(F)c5c4=O)c3O)nn(C)c2=O)nc1. The highest BCUT2D eigenvalue weighted by Crippen LogP contribution is 2.33. The molecule has 5 aromatic rings. The lowest BCUT2D eigenvalue weighted by Crippen LogP contribution is -2.24. The van der Waals surface area contributed by atoms with Crippen LogP contribution in [0.3, 0.4) is 0 Å². The van der Waals surface area contributed by atoms with Gasteiger partial charge in [0, 0.05) is 36.4 Å². The molecular formula is C32H33FN8O3. The van der Waals surface area contributed by atoms with Crippen molar-refractivity contribution in [3.05, 3.63) is 92.6 Å². The molecule has 44 heavy (non-hydrogen) atoms. The third-order valence-electron chi connectivity index (χ3n) is 8.10. The van der Waals surface area contributed by atoms with Crippen LogP contribution in [0.4, 0.5) is 15.9 Å². The topological polar surface area (TPSA) is 131 Å². The summed E-state index contributed by atoms with van der Waals surface area (Å²) in [4.78, 5) is 37.4. The molecule has 11 nitrogen and oxygen atoms in total. The fourth-order valence-electron chi connectivity index (χ4n) is 5.60. The van der Waals surface area contributed by atoms with Crippen molar-refractivity contribution in [1.82, 2.24) is 34.4 Å². The molecular weight excluding hydrogens is 563 g/mol. The Balaban J connectivity index is 1.37. The quantitative estimate of drug-likeness (QED) is 0.299. The summed E-state index contributed by atoms with van der Waals surface area (Å²) in [7, 11) is 3.59. The lowest BCUT2D eigenvalue weighted by Gasteiger charge is -2.20. The van der Waals surface area contributed by atoms with E-state index >= 15 is 4.39 Å². The van der Waals surface area contributed by atoms with Gasteiger partial charge in [-0.25, -0.2) is 19.0 Å². The van der Waals surface area contributed by atoms with Gasteiger partial charge in [0.2, 0.25) is 0 Å². The maximum atomic E-state index is 15.2. The number of fused-ring (bicyclic) bond motifs is 1. The van der Waals surface area contributed by atoms with Crippen LogP contribution in [0.1, 0.15) is 50.8 Å². The van der Waals surface area contributed by atoms with E-state index in [1.807, 2.05) is 39.1 Å². The smallest absolute Gasteiger partial charge is 0.290 e. The van der Waals surface area contributed by atoms with E-state index in [9.17, 15) is 14.7 Å². The van der Waals surface area contributed by atoms with E-state index in [1.165, 1.54) is 37.6 Å². The molecule has 0 saturated carbocycles. The molecule has 0 radical (unpaired) electrons. The molecule has 0 bridgehead atoms. The van der Waals surface area contributed by atoms with Crippen molar-refractivity contribution in [2.24, 2.45) is 7.05 Å². The number of hydrogen-bond acceptors (Lipinski definition) is 9. The van der Waals surface area contributed by atoms with Gasteiger partial charge < -0.3 is 10.4 Å². The van der Waals surface area contributed by atoms with Crippen molar-refractivity contribution in [2.75, 3.05) is 18.9 Å². The van der Waals surface area contributed by atoms with Crippen LogP contribution >= 0.6 is 0 Å². The van der Waals surface area contributed by atoms with Gasteiger partial charge in [0.05, 0.1) is 17.3 Å². The highest BCUT2D eigenvalue weighted by Gasteiger charge is 2.24. The van der Waals surface area contributed by atoms with Crippen LogP contribution < -0.4 is 16.4 Å². The maximum Gasteiger partial charge on any atom is 0.290 e. The lowest BCUT2D eigenvalue weighted by atomic mass is 9.86. The fraction of sp³-hybridized carbons (Fsp3) is 0.312. The number of aryl methyl sites for hydroxylation is 1. The van der Waals surface area contributed by atoms with E-state index in [1.54, 1.807) is 6.07 Å². The Bertz CT molecular complexity index is 2010. The molecule has 1 atom stereocenters. The number of benzene rings is 1. The number of nitrogens with zero attached hydrogens (tertiary/aromatic N) is 7. The molecule has 12 heteroatoms. The van der Waals surface area contributed by atoms with Gasteiger partial charge in [-0.3, -0.25) is 14.5 Å². The van der Waals surface area contributed by atoms with Gasteiger partial charge in [-0.2, -0.15) is 14.9 Å². The van der Waals surface area contributed by atoms with Crippen molar-refractivity contribution in [1.29, 1.82) is 0 Å². The number of nitrogens with one attached hydrogen (secondary N) is 1. The van der Waals surface area contributed by atoms with Crippen molar-refractivity contribution < 1.29 is 9.50 Å². The largest absolute Gasteiger partial charge is 0.504 e. The molecule has 0 aliphatic carbocycles. The molecule has 1 fully saturated rings. The van der Waals surface area contributed by atoms with E-state index in [-0.39, 0.29) is 33.6 Å². The molecule has 1 aliphatic heterocycles. The number of rotatable bonds is 5. The predicted molar refractivity (Wildman–Crippen MR) is 166 cm³/mol. The number of halogens is 1. The zero-order valence-corrected chi connectivity index (χ0v) is 25.2. The van der Waals surface area contributed by atoms with Gasteiger partial charge >= 0.3 is 0 Å². The van der Waals surface area contributed by atoms with Crippen molar-refractivity contribution in [3.63, 3.8) is 0 Å². The molecule has 1 unspecified atom stereocenters. The minimum absolute atomic E-state index is 0.163. The zero-order chi connectivity index (χ0) is 31.3. The van der Waals surface area contributed by atoms with Crippen molar-refractivity contribution in [2.45, 2.75) is 45.1 Å². The second-order valence-electron chi connectivity index (χ2n) is 12.2. The van der Waals surface area contributed by atoms with Crippen LogP contribution in [-0.4, -0.2) is 53.1 Å². The first-order valence-corrected chi connectivity index (χ1v) is 14.3. The van der Waals surface area contributed by atoms with Crippen LogP contribution in [-0.2, 0) is 12.5 Å². The summed E-state index contributed by atoms with van der Waals surface area (Å²) in [6, 6.07) is 10.2. The molecule has 2 N–H and O–H groups in total. The average molecular weight is 597 g/mol. The van der Waals surface area contributed by atoms with E-state index in [0.717, 1.165) is 39.9 Å². The molecule has 0 spiro atoms. The first-order chi connectivity index (χ1) is 20.9. The standard InChI is InChI=1S/C32H33FN8O3/c1-32(2,3)20-13-19-17-36-41(31(44)27(19)22(33)14-20)29-28(42)21(10-11-34-29)23-15-24(30(43)40(5)38-23)37-26-9-8-18(16-35-26)25-7-6-12-39(25)4/h8-11,13-17,25,42H,6-7,12H2,1-5H3,(H,35,37). The van der Waals surface area contributed by atoms with Crippen molar-refractivity contribution in [3.8, 4) is 22.8 Å². The first-order valence-electron chi connectivity index (χ1n) is 14.3. The number of likely N-dealkylation sites (tertiary alicyclic amines) is 1. The fourth-order valence-corrected chi connectivity index (χ4v) is 5.60. The van der Waals surface area contributed by atoms with Gasteiger partial charge in [0.15, 0.2) is 11.6 Å². The summed E-state index contributed by atoms with van der Waals surface area (Å²) in [5, 5.41) is 23.1. The van der Waals surface area contributed by atoms with Gasteiger partial charge in [-0.15, -0.1) is 0 Å². The van der Waals surface area contributed by atoms with E-state index in [2.05, 4.69) is 37.4 Å². The summed E-state index contributed by atoms with van der Waals surface area (Å²) in [5.41, 5.74) is 0.943. The lowest BCUT2D eigenvalue weighted by molar-refractivity contribution is 0.317. The van der Waals surface area contributed by atoms with E-state index in [4.69, 9.17) is 0 Å². The number of hydrogen-bond donors (Lipinski definition) is 2. The molecule has 4 aromatic heterocycles. The van der Waals surface area contributed by atoms with Gasteiger partial charge in [0.25, 0.3) is 11.1 Å². The van der Waals surface area contributed by atoms with Crippen LogP contribution in [0.15, 0.2) is 64.6 Å². The van der Waals surface area contributed by atoms with Crippen molar-refractivity contribution >= 4 is 22.3 Å².